The van der Waals surface area contributed by atoms with E-state index in [4.69, 9.17) is 0 Å². The van der Waals surface area contributed by atoms with E-state index in [1.807, 2.05) is 6.92 Å². The maximum Gasteiger partial charge on any atom is 0.232 e. The van der Waals surface area contributed by atoms with E-state index in [2.05, 4.69) is 4.72 Å². The van der Waals surface area contributed by atoms with Crippen LogP contribution in [-0.4, -0.2) is 19.3 Å². The van der Waals surface area contributed by atoms with E-state index in [-0.39, 0.29) is 17.2 Å². The molecule has 0 aliphatic rings. The average molecular weight is 229 g/mol. The van der Waals surface area contributed by atoms with Crippen molar-refractivity contribution in [3.8, 4) is 5.75 Å². The minimum Gasteiger partial charge on any atom is -0.506 e. The summed E-state index contributed by atoms with van der Waals surface area (Å²) in [5.74, 6) is -0.0628. The number of phenols is 1. The van der Waals surface area contributed by atoms with Crippen molar-refractivity contribution in [1.82, 2.24) is 0 Å². The lowest BCUT2D eigenvalue weighted by atomic mass is 10.1. The van der Waals surface area contributed by atoms with Crippen molar-refractivity contribution >= 4 is 15.7 Å². The third-order valence-electron chi connectivity index (χ3n) is 2.11. The van der Waals surface area contributed by atoms with Gasteiger partial charge in [0.25, 0.3) is 0 Å². The highest BCUT2D eigenvalue weighted by atomic mass is 32.2. The van der Waals surface area contributed by atoms with Gasteiger partial charge in [-0.1, -0.05) is 13.0 Å². The Hall–Kier alpha value is -1.23. The normalized spacial score (nSPS) is 11.3. The number of hydrogen-bond donors (Lipinski definition) is 2. The fourth-order valence-corrected chi connectivity index (χ4v) is 1.77. The molecule has 0 bridgehead atoms. The minimum absolute atomic E-state index is 0.0111. The van der Waals surface area contributed by atoms with Crippen molar-refractivity contribution in [3.05, 3.63) is 23.8 Å². The van der Waals surface area contributed by atoms with Gasteiger partial charge in [0.15, 0.2) is 0 Å². The number of sulfonamides is 1. The fourth-order valence-electron chi connectivity index (χ4n) is 1.12. The zero-order valence-electron chi connectivity index (χ0n) is 8.82. The molecule has 0 amide bonds. The second-order valence-corrected chi connectivity index (χ2v) is 5.22. The van der Waals surface area contributed by atoms with E-state index < -0.39 is 10.0 Å². The van der Waals surface area contributed by atoms with Gasteiger partial charge in [-0.25, -0.2) is 8.42 Å². The number of aromatic hydroxyl groups is 1. The molecular weight excluding hydrogens is 214 g/mol. The van der Waals surface area contributed by atoms with E-state index >= 15 is 0 Å². The molecule has 15 heavy (non-hydrogen) atoms. The Morgan fingerprint density at radius 1 is 1.33 bits per heavy atom. The lowest BCUT2D eigenvalue weighted by molar-refractivity contribution is 0.477. The maximum atomic E-state index is 11.3. The zero-order chi connectivity index (χ0) is 11.5. The van der Waals surface area contributed by atoms with Crippen LogP contribution in [0.4, 0.5) is 5.69 Å². The van der Waals surface area contributed by atoms with Crippen LogP contribution >= 0.6 is 0 Å². The van der Waals surface area contributed by atoms with Gasteiger partial charge in [0.2, 0.25) is 10.0 Å². The molecule has 4 nitrogen and oxygen atoms in total. The van der Waals surface area contributed by atoms with Gasteiger partial charge in [0.1, 0.15) is 5.75 Å². The molecule has 0 radical (unpaired) electrons. The fraction of sp³-hybridized carbons (Fsp3) is 0.400. The van der Waals surface area contributed by atoms with Crippen LogP contribution in [0.3, 0.4) is 0 Å². The lowest BCUT2D eigenvalue weighted by Crippen LogP contribution is -2.14. The van der Waals surface area contributed by atoms with E-state index in [1.54, 1.807) is 19.1 Å². The average Bonchev–Trinajstić information content (AvgIpc) is 2.21. The van der Waals surface area contributed by atoms with Crippen LogP contribution < -0.4 is 4.72 Å². The molecule has 0 aliphatic carbocycles. The van der Waals surface area contributed by atoms with Crippen LogP contribution in [0.5, 0.6) is 5.75 Å². The third kappa shape index (κ3) is 3.13. The molecule has 0 fully saturated rings. The number of anilines is 1. The predicted molar refractivity (Wildman–Crippen MR) is 60.6 cm³/mol. The Morgan fingerprint density at radius 3 is 2.53 bits per heavy atom. The van der Waals surface area contributed by atoms with Gasteiger partial charge in [0.05, 0.1) is 11.4 Å². The Morgan fingerprint density at radius 2 is 2.00 bits per heavy atom. The highest BCUT2D eigenvalue weighted by Gasteiger charge is 2.10. The minimum atomic E-state index is -3.33. The third-order valence-corrected chi connectivity index (χ3v) is 3.41. The van der Waals surface area contributed by atoms with Crippen LogP contribution in [0.2, 0.25) is 0 Å². The Balaban J connectivity index is 3.04. The lowest BCUT2D eigenvalue weighted by Gasteiger charge is -2.09. The summed E-state index contributed by atoms with van der Waals surface area (Å²) in [7, 11) is -3.33. The molecule has 0 atom stereocenters. The summed E-state index contributed by atoms with van der Waals surface area (Å²) in [6.45, 7) is 3.51. The first-order chi connectivity index (χ1) is 6.98. The molecule has 5 heteroatoms. The van der Waals surface area contributed by atoms with Gasteiger partial charge in [-0.05, 0) is 31.0 Å². The Kier molecular flexibility index (Phi) is 3.57. The topological polar surface area (TPSA) is 66.4 Å². The van der Waals surface area contributed by atoms with E-state index in [1.165, 1.54) is 6.07 Å². The van der Waals surface area contributed by atoms with Crippen LogP contribution in [0, 0.1) is 0 Å². The summed E-state index contributed by atoms with van der Waals surface area (Å²) in [6.07, 6.45) is 0.793. The largest absolute Gasteiger partial charge is 0.506 e. The molecule has 2 N–H and O–H groups in total. The molecule has 0 heterocycles. The van der Waals surface area contributed by atoms with Gasteiger partial charge >= 0.3 is 0 Å². The molecule has 0 saturated heterocycles. The first-order valence-corrected chi connectivity index (χ1v) is 6.46. The Labute approximate surface area is 90.0 Å². The van der Waals surface area contributed by atoms with E-state index in [0.717, 1.165) is 12.0 Å². The van der Waals surface area contributed by atoms with Crippen LogP contribution in [0.15, 0.2) is 18.2 Å². The second kappa shape index (κ2) is 4.53. The van der Waals surface area contributed by atoms with Gasteiger partial charge in [-0.15, -0.1) is 0 Å². The monoisotopic (exact) mass is 229 g/mol. The van der Waals surface area contributed by atoms with Crippen molar-refractivity contribution in [2.75, 3.05) is 10.5 Å². The van der Waals surface area contributed by atoms with Crippen molar-refractivity contribution < 1.29 is 13.5 Å². The molecule has 1 aromatic rings. The van der Waals surface area contributed by atoms with Gasteiger partial charge in [-0.2, -0.15) is 0 Å². The first-order valence-electron chi connectivity index (χ1n) is 4.81. The van der Waals surface area contributed by atoms with Crippen molar-refractivity contribution in [2.24, 2.45) is 0 Å². The van der Waals surface area contributed by atoms with Gasteiger partial charge in [-0.3, -0.25) is 4.72 Å². The summed E-state index contributed by atoms with van der Waals surface area (Å²) >= 11 is 0. The molecular formula is C10H15NO3S. The molecule has 84 valence electrons. The van der Waals surface area contributed by atoms with E-state index in [0.29, 0.717) is 0 Å². The number of phenolic OH excluding ortho intramolecular Hbond substituents is 1. The van der Waals surface area contributed by atoms with Crippen LogP contribution in [-0.2, 0) is 16.4 Å². The summed E-state index contributed by atoms with van der Waals surface area (Å²) in [5.41, 5.74) is 1.22. The van der Waals surface area contributed by atoms with Gasteiger partial charge < -0.3 is 5.11 Å². The maximum absolute atomic E-state index is 11.3. The number of aryl methyl sites for hydroxylation is 1. The van der Waals surface area contributed by atoms with E-state index in [9.17, 15) is 13.5 Å². The van der Waals surface area contributed by atoms with Crippen LogP contribution in [0.25, 0.3) is 0 Å². The summed E-state index contributed by atoms with van der Waals surface area (Å²) in [5, 5.41) is 9.46. The van der Waals surface area contributed by atoms with Crippen molar-refractivity contribution in [1.29, 1.82) is 0 Å². The quantitative estimate of drug-likeness (QED) is 0.772. The molecule has 0 aliphatic heterocycles. The highest BCUT2D eigenvalue weighted by Crippen LogP contribution is 2.25. The number of nitrogens with one attached hydrogen (secondary N) is 1. The van der Waals surface area contributed by atoms with Gasteiger partial charge in [0, 0.05) is 0 Å². The van der Waals surface area contributed by atoms with Crippen molar-refractivity contribution in [3.63, 3.8) is 0 Å². The SMILES string of the molecule is CCc1ccc(O)c(NS(=O)(=O)CC)c1. The number of benzene rings is 1. The van der Waals surface area contributed by atoms with Crippen LogP contribution in [0.1, 0.15) is 19.4 Å². The number of hydrogen-bond acceptors (Lipinski definition) is 3. The number of rotatable bonds is 4. The molecule has 0 spiro atoms. The standard InChI is InChI=1S/C10H15NO3S/c1-3-8-5-6-10(12)9(7-8)11-15(13,14)4-2/h5-7,11-12H,3-4H2,1-2H3. The molecule has 0 saturated carbocycles. The second-order valence-electron chi connectivity index (χ2n) is 3.21. The highest BCUT2D eigenvalue weighted by molar-refractivity contribution is 7.92. The van der Waals surface area contributed by atoms with Crippen molar-refractivity contribution in [2.45, 2.75) is 20.3 Å². The summed E-state index contributed by atoms with van der Waals surface area (Å²) in [6, 6.07) is 4.90. The molecule has 1 aromatic carbocycles. The Bertz CT molecular complexity index is 440. The molecule has 1 rings (SSSR count). The summed E-state index contributed by atoms with van der Waals surface area (Å²) < 4.78 is 24.9. The molecule has 0 unspecified atom stereocenters. The zero-order valence-corrected chi connectivity index (χ0v) is 9.63. The first kappa shape index (κ1) is 11.8. The predicted octanol–water partition coefficient (Wildman–Crippen LogP) is 1.72. The molecule has 0 aromatic heterocycles. The summed E-state index contributed by atoms with van der Waals surface area (Å²) in [4.78, 5) is 0. The smallest absolute Gasteiger partial charge is 0.232 e.